The maximum atomic E-state index is 14.8. The predicted molar refractivity (Wildman–Crippen MR) is 114 cm³/mol. The molecular formula is C21H20ClF3N6. The molecule has 0 radical (unpaired) electrons. The van der Waals surface area contributed by atoms with Crippen LogP contribution in [0, 0.1) is 5.82 Å². The smallest absolute Gasteiger partial charge is 0.242 e. The lowest BCUT2D eigenvalue weighted by atomic mass is 9.93. The number of hydrogen-bond acceptors (Lipinski definition) is 6. The Bertz CT molecular complexity index is 1120. The highest BCUT2D eigenvalue weighted by atomic mass is 35.5. The topological polar surface area (TPSA) is 66.0 Å². The Morgan fingerprint density at radius 2 is 2.06 bits per heavy atom. The number of anilines is 3. The van der Waals surface area contributed by atoms with Gasteiger partial charge in [-0.2, -0.15) is 0 Å². The average molecular weight is 449 g/mol. The lowest BCUT2D eigenvalue weighted by Crippen LogP contribution is -2.61. The number of benzene rings is 1. The van der Waals surface area contributed by atoms with Crippen LogP contribution in [-0.2, 0) is 6.42 Å². The Labute approximate surface area is 181 Å². The molecule has 2 atom stereocenters. The summed E-state index contributed by atoms with van der Waals surface area (Å²) >= 11 is 5.98. The molecule has 3 aliphatic rings. The highest BCUT2D eigenvalue weighted by Gasteiger charge is 2.34. The third kappa shape index (κ3) is 3.87. The molecule has 2 aromatic heterocycles. The van der Waals surface area contributed by atoms with Crippen molar-refractivity contribution in [2.24, 2.45) is 0 Å². The van der Waals surface area contributed by atoms with Crippen molar-refractivity contribution in [1.82, 2.24) is 20.3 Å². The molecule has 3 aromatic rings. The number of piperidine rings is 2. The highest BCUT2D eigenvalue weighted by Crippen LogP contribution is 2.32. The van der Waals surface area contributed by atoms with E-state index in [1.165, 1.54) is 18.5 Å². The summed E-state index contributed by atoms with van der Waals surface area (Å²) < 4.78 is 40.1. The normalized spacial score (nSPS) is 20.6. The summed E-state index contributed by atoms with van der Waals surface area (Å²) in [7, 11) is 0. The van der Waals surface area contributed by atoms with Gasteiger partial charge in [0.2, 0.25) is 6.43 Å². The van der Waals surface area contributed by atoms with E-state index in [0.29, 0.717) is 28.9 Å². The number of nitrogens with one attached hydrogen (secondary N) is 2. The van der Waals surface area contributed by atoms with Crippen molar-refractivity contribution in [3.8, 4) is 0 Å². The Hall–Kier alpha value is -2.65. The molecule has 10 heteroatoms. The number of aromatic nitrogens is 3. The number of halogens is 4. The summed E-state index contributed by atoms with van der Waals surface area (Å²) in [5.41, 5.74) is 1.21. The van der Waals surface area contributed by atoms with Crippen LogP contribution in [0.1, 0.15) is 18.4 Å². The van der Waals surface area contributed by atoms with Gasteiger partial charge < -0.3 is 15.5 Å². The van der Waals surface area contributed by atoms with Crippen LogP contribution in [0.3, 0.4) is 0 Å². The fraction of sp³-hybridized carbons (Fsp3) is 0.381. The van der Waals surface area contributed by atoms with E-state index in [1.54, 1.807) is 0 Å². The third-order valence-corrected chi connectivity index (χ3v) is 6.31. The summed E-state index contributed by atoms with van der Waals surface area (Å²) in [6.45, 7) is 1.81. The maximum Gasteiger partial charge on any atom is 0.242 e. The minimum Gasteiger partial charge on any atom is -0.351 e. The zero-order valence-electron chi connectivity index (χ0n) is 16.5. The minimum absolute atomic E-state index is 0.0384. The summed E-state index contributed by atoms with van der Waals surface area (Å²) in [6, 6.07) is 7.42. The van der Waals surface area contributed by atoms with Gasteiger partial charge in [0.05, 0.1) is 16.2 Å². The highest BCUT2D eigenvalue weighted by molar-refractivity contribution is 6.31. The van der Waals surface area contributed by atoms with Gasteiger partial charge in [-0.05, 0) is 36.6 Å². The first-order valence-corrected chi connectivity index (χ1v) is 10.5. The van der Waals surface area contributed by atoms with Crippen molar-refractivity contribution in [2.75, 3.05) is 23.3 Å². The molecule has 3 fully saturated rings. The van der Waals surface area contributed by atoms with E-state index in [2.05, 4.69) is 25.5 Å². The predicted octanol–water partition coefficient (Wildman–Crippen LogP) is 4.31. The number of pyridine rings is 1. The molecule has 3 saturated heterocycles. The van der Waals surface area contributed by atoms with Gasteiger partial charge in [0.15, 0.2) is 11.6 Å². The molecule has 0 spiro atoms. The second-order valence-electron chi connectivity index (χ2n) is 7.87. The first-order valence-electron chi connectivity index (χ1n) is 10.1. The maximum absolute atomic E-state index is 14.8. The fourth-order valence-corrected chi connectivity index (χ4v) is 4.55. The molecule has 0 saturated carbocycles. The molecule has 1 aromatic carbocycles. The number of fused-ring (bicyclic) bond motifs is 4. The Morgan fingerprint density at radius 3 is 2.77 bits per heavy atom. The second kappa shape index (κ2) is 8.12. The largest absolute Gasteiger partial charge is 0.351 e. The molecule has 6 nitrogen and oxygen atoms in total. The standard InChI is InChI=1S/C21H20ClF3N6/c22-18-11(7-16(23)24)1-4-14(19(18)25)29-21-20-15(27-10-28-21)5-6-17(30-20)31-9-12-2-3-13(31)8-26-12/h1,4-6,10,12-13,16,26H,2-3,7-9H2,(H,27,28,29)/t12-,13?/m1/s1. The molecule has 5 heterocycles. The number of alkyl halides is 2. The van der Waals surface area contributed by atoms with Crippen molar-refractivity contribution >= 4 is 40.0 Å². The zero-order valence-corrected chi connectivity index (χ0v) is 17.2. The molecule has 6 rings (SSSR count). The first kappa shape index (κ1) is 20.3. The van der Waals surface area contributed by atoms with Gasteiger partial charge in [-0.25, -0.2) is 28.1 Å². The van der Waals surface area contributed by atoms with Crippen molar-refractivity contribution in [3.05, 3.63) is 47.0 Å². The SMILES string of the molecule is Fc1c(Nc2ncnc3ccc(N4C[C@H]5CCC4CN5)nc23)ccc(CC(F)F)c1Cl. The van der Waals surface area contributed by atoms with Crippen molar-refractivity contribution in [3.63, 3.8) is 0 Å². The molecule has 1 unspecified atom stereocenters. The van der Waals surface area contributed by atoms with Crippen LogP contribution in [0.25, 0.3) is 11.0 Å². The first-order chi connectivity index (χ1) is 15.0. The Kier molecular flexibility index (Phi) is 5.31. The molecule has 2 bridgehead atoms. The van der Waals surface area contributed by atoms with Gasteiger partial charge in [-0.15, -0.1) is 0 Å². The van der Waals surface area contributed by atoms with Crippen LogP contribution in [0.15, 0.2) is 30.6 Å². The average Bonchev–Trinajstić information content (AvgIpc) is 2.79. The number of rotatable bonds is 5. The Morgan fingerprint density at radius 1 is 1.19 bits per heavy atom. The van der Waals surface area contributed by atoms with Crippen LogP contribution in [0.2, 0.25) is 5.02 Å². The van der Waals surface area contributed by atoms with Crippen LogP contribution in [0.4, 0.5) is 30.5 Å². The minimum atomic E-state index is -2.61. The van der Waals surface area contributed by atoms with Crippen LogP contribution in [0.5, 0.6) is 0 Å². The van der Waals surface area contributed by atoms with Gasteiger partial charge in [0, 0.05) is 31.6 Å². The molecule has 0 amide bonds. The van der Waals surface area contributed by atoms with Gasteiger partial charge in [-0.1, -0.05) is 17.7 Å². The number of nitrogens with zero attached hydrogens (tertiary/aromatic N) is 4. The molecule has 31 heavy (non-hydrogen) atoms. The zero-order chi connectivity index (χ0) is 21.5. The Balaban J connectivity index is 1.48. The summed E-state index contributed by atoms with van der Waals surface area (Å²) in [5.74, 6) is 0.346. The van der Waals surface area contributed by atoms with E-state index < -0.39 is 18.7 Å². The van der Waals surface area contributed by atoms with E-state index in [-0.39, 0.29) is 16.3 Å². The molecule has 0 aliphatic carbocycles. The lowest BCUT2D eigenvalue weighted by molar-refractivity contribution is 0.149. The van der Waals surface area contributed by atoms with E-state index in [1.807, 2.05) is 12.1 Å². The molecule has 3 aliphatic heterocycles. The van der Waals surface area contributed by atoms with E-state index >= 15 is 0 Å². The summed E-state index contributed by atoms with van der Waals surface area (Å²) in [6.07, 6.45) is 0.423. The molecule has 2 N–H and O–H groups in total. The van der Waals surface area contributed by atoms with Gasteiger partial charge in [0.25, 0.3) is 0 Å². The van der Waals surface area contributed by atoms with Crippen LogP contribution < -0.4 is 15.5 Å². The van der Waals surface area contributed by atoms with E-state index in [9.17, 15) is 13.2 Å². The number of hydrogen-bond donors (Lipinski definition) is 2. The molecule has 162 valence electrons. The van der Waals surface area contributed by atoms with Crippen molar-refractivity contribution in [2.45, 2.75) is 37.8 Å². The third-order valence-electron chi connectivity index (χ3n) is 5.90. The van der Waals surface area contributed by atoms with Gasteiger partial charge >= 0.3 is 0 Å². The van der Waals surface area contributed by atoms with Gasteiger partial charge in [0.1, 0.15) is 17.7 Å². The van der Waals surface area contributed by atoms with Crippen LogP contribution >= 0.6 is 11.6 Å². The summed E-state index contributed by atoms with van der Waals surface area (Å²) in [4.78, 5) is 15.6. The van der Waals surface area contributed by atoms with Crippen LogP contribution in [-0.4, -0.2) is 46.6 Å². The van der Waals surface area contributed by atoms with Crippen molar-refractivity contribution in [1.29, 1.82) is 0 Å². The van der Waals surface area contributed by atoms with Gasteiger partial charge in [-0.3, -0.25) is 0 Å². The fourth-order valence-electron chi connectivity index (χ4n) is 4.31. The lowest BCUT2D eigenvalue weighted by Gasteiger charge is -2.46. The van der Waals surface area contributed by atoms with Crippen molar-refractivity contribution < 1.29 is 13.2 Å². The molecular weight excluding hydrogens is 429 g/mol. The number of piperazine rings is 1. The second-order valence-corrected chi connectivity index (χ2v) is 8.25. The van der Waals surface area contributed by atoms with E-state index in [0.717, 1.165) is 31.7 Å². The van der Waals surface area contributed by atoms with E-state index in [4.69, 9.17) is 16.6 Å². The summed E-state index contributed by atoms with van der Waals surface area (Å²) in [5, 5.41) is 6.10. The monoisotopic (exact) mass is 448 g/mol. The quantitative estimate of drug-likeness (QED) is 0.606.